The fourth-order valence-corrected chi connectivity index (χ4v) is 3.40. The lowest BCUT2D eigenvalue weighted by Crippen LogP contribution is -2.32. The van der Waals surface area contributed by atoms with Crippen LogP contribution in [0.5, 0.6) is 0 Å². The summed E-state index contributed by atoms with van der Waals surface area (Å²) in [5, 5.41) is 2.37. The molecule has 2 aromatic rings. The SMILES string of the molecule is O=C1C(Cl)=C(Nc2cc(Cl)cc(Cl)c2)C(=O)N1c1cc(C(F)(F)F)ccc1Cl. The van der Waals surface area contributed by atoms with Crippen molar-refractivity contribution >= 4 is 69.6 Å². The number of hydrogen-bond donors (Lipinski definition) is 1. The van der Waals surface area contributed by atoms with Gasteiger partial charge in [-0.1, -0.05) is 46.4 Å². The fraction of sp³-hybridized carbons (Fsp3) is 0.0588. The fourth-order valence-electron chi connectivity index (χ4n) is 2.46. The Balaban J connectivity index is 1.99. The van der Waals surface area contributed by atoms with Gasteiger partial charge in [-0.2, -0.15) is 13.2 Å². The minimum atomic E-state index is -4.69. The number of carbonyl (C=O) groups is 2. The zero-order valence-corrected chi connectivity index (χ0v) is 16.4. The molecule has 0 unspecified atom stereocenters. The van der Waals surface area contributed by atoms with Gasteiger partial charge < -0.3 is 5.32 Å². The van der Waals surface area contributed by atoms with Gasteiger partial charge in [0.05, 0.1) is 16.3 Å². The number of halogens is 7. The Kier molecular flexibility index (Phi) is 5.55. The van der Waals surface area contributed by atoms with Crippen molar-refractivity contribution in [2.24, 2.45) is 0 Å². The third-order valence-corrected chi connectivity index (χ3v) is 4.78. The van der Waals surface area contributed by atoms with Crippen molar-refractivity contribution in [2.45, 2.75) is 6.18 Å². The Bertz CT molecular complexity index is 1020. The number of nitrogens with one attached hydrogen (secondary N) is 1. The molecule has 11 heteroatoms. The summed E-state index contributed by atoms with van der Waals surface area (Å²) in [4.78, 5) is 25.6. The third-order valence-electron chi connectivity index (χ3n) is 3.67. The molecule has 2 aromatic carbocycles. The van der Waals surface area contributed by atoms with Crippen LogP contribution in [0.4, 0.5) is 24.5 Å². The van der Waals surface area contributed by atoms with Gasteiger partial charge >= 0.3 is 6.18 Å². The molecule has 0 saturated heterocycles. The van der Waals surface area contributed by atoms with E-state index in [0.717, 1.165) is 12.1 Å². The second-order valence-corrected chi connectivity index (χ2v) is 7.24. The maximum atomic E-state index is 13.0. The van der Waals surface area contributed by atoms with Crippen LogP contribution >= 0.6 is 46.4 Å². The summed E-state index contributed by atoms with van der Waals surface area (Å²) in [5.74, 6) is -2.00. The zero-order valence-electron chi connectivity index (χ0n) is 13.4. The summed E-state index contributed by atoms with van der Waals surface area (Å²) in [7, 11) is 0. The maximum Gasteiger partial charge on any atom is 0.416 e. The molecule has 0 atom stereocenters. The van der Waals surface area contributed by atoms with Gasteiger partial charge in [0, 0.05) is 15.7 Å². The van der Waals surface area contributed by atoms with Gasteiger partial charge in [-0.25, -0.2) is 4.90 Å². The van der Waals surface area contributed by atoms with E-state index < -0.39 is 34.3 Å². The van der Waals surface area contributed by atoms with Crippen LogP contribution in [-0.4, -0.2) is 11.8 Å². The molecule has 1 N–H and O–H groups in total. The molecule has 0 aromatic heterocycles. The summed E-state index contributed by atoms with van der Waals surface area (Å²) in [6.45, 7) is 0. The molecule has 3 rings (SSSR count). The van der Waals surface area contributed by atoms with Gasteiger partial charge in [-0.15, -0.1) is 0 Å². The molecule has 2 amide bonds. The van der Waals surface area contributed by atoms with Gasteiger partial charge in [0.1, 0.15) is 10.7 Å². The Morgan fingerprint density at radius 1 is 0.857 bits per heavy atom. The monoisotopic (exact) mass is 468 g/mol. The van der Waals surface area contributed by atoms with Crippen molar-refractivity contribution in [1.82, 2.24) is 0 Å². The van der Waals surface area contributed by atoms with Crippen LogP contribution in [0.15, 0.2) is 47.1 Å². The number of hydrogen-bond acceptors (Lipinski definition) is 3. The molecule has 0 spiro atoms. The summed E-state index contributed by atoms with van der Waals surface area (Å²) in [6, 6.07) is 6.56. The van der Waals surface area contributed by atoms with Gasteiger partial charge in [0.15, 0.2) is 0 Å². The Morgan fingerprint density at radius 2 is 1.46 bits per heavy atom. The number of anilines is 2. The first-order chi connectivity index (χ1) is 13.0. The van der Waals surface area contributed by atoms with Gasteiger partial charge in [-0.05, 0) is 36.4 Å². The Labute approximate surface area is 176 Å². The van der Waals surface area contributed by atoms with Crippen LogP contribution in [0.1, 0.15) is 5.56 Å². The third kappa shape index (κ3) is 3.93. The molecule has 0 aliphatic carbocycles. The molecule has 0 saturated carbocycles. The van der Waals surface area contributed by atoms with E-state index in [-0.39, 0.29) is 26.5 Å². The van der Waals surface area contributed by atoms with Crippen molar-refractivity contribution in [3.8, 4) is 0 Å². The molecule has 4 nitrogen and oxygen atoms in total. The topological polar surface area (TPSA) is 49.4 Å². The maximum absolute atomic E-state index is 13.0. The van der Waals surface area contributed by atoms with Crippen molar-refractivity contribution in [3.05, 3.63) is 67.8 Å². The van der Waals surface area contributed by atoms with Crippen LogP contribution < -0.4 is 10.2 Å². The van der Waals surface area contributed by atoms with Gasteiger partial charge in [-0.3, -0.25) is 9.59 Å². The molecular formula is C17H7Cl4F3N2O2. The number of amides is 2. The quantitative estimate of drug-likeness (QED) is 0.552. The molecule has 1 aliphatic heterocycles. The first-order valence-corrected chi connectivity index (χ1v) is 8.88. The lowest BCUT2D eigenvalue weighted by atomic mass is 10.2. The number of nitrogens with zero attached hydrogens (tertiary/aromatic N) is 1. The average Bonchev–Trinajstić information content (AvgIpc) is 2.77. The van der Waals surface area contributed by atoms with E-state index in [1.807, 2.05) is 0 Å². The molecular weight excluding hydrogens is 463 g/mol. The molecule has 0 bridgehead atoms. The van der Waals surface area contributed by atoms with Crippen LogP contribution in [0, 0.1) is 0 Å². The second kappa shape index (κ2) is 7.48. The highest BCUT2D eigenvalue weighted by molar-refractivity contribution is 6.53. The van der Waals surface area contributed by atoms with E-state index >= 15 is 0 Å². The van der Waals surface area contributed by atoms with E-state index in [2.05, 4.69) is 5.32 Å². The first-order valence-electron chi connectivity index (χ1n) is 7.37. The summed E-state index contributed by atoms with van der Waals surface area (Å²) in [6.07, 6.45) is -4.69. The van der Waals surface area contributed by atoms with Crippen LogP contribution in [0.3, 0.4) is 0 Å². The van der Waals surface area contributed by atoms with Crippen LogP contribution in [-0.2, 0) is 15.8 Å². The predicted octanol–water partition coefficient (Wildman–Crippen LogP) is 6.10. The number of imide groups is 1. The lowest BCUT2D eigenvalue weighted by Gasteiger charge is -2.18. The zero-order chi connectivity index (χ0) is 20.8. The number of alkyl halides is 3. The lowest BCUT2D eigenvalue weighted by molar-refractivity contribution is -0.137. The predicted molar refractivity (Wildman–Crippen MR) is 102 cm³/mol. The second-order valence-electron chi connectivity index (χ2n) is 5.58. The standard InChI is InChI=1S/C17H7Cl4F3N2O2/c18-8-4-9(19)6-10(5-8)25-14-13(21)15(27)26(16(14)28)12-3-7(17(22,23)24)1-2-11(12)20/h1-6,25H. The molecule has 0 fully saturated rings. The van der Waals surface area contributed by atoms with E-state index in [4.69, 9.17) is 46.4 Å². The van der Waals surface area contributed by atoms with Gasteiger partial charge in [0.2, 0.25) is 0 Å². The summed E-state index contributed by atoms with van der Waals surface area (Å²) in [5.41, 5.74) is -1.61. The largest absolute Gasteiger partial charge is 0.416 e. The minimum absolute atomic E-state index is 0.230. The molecule has 1 heterocycles. The minimum Gasteiger partial charge on any atom is -0.350 e. The molecule has 1 aliphatic rings. The van der Waals surface area contributed by atoms with E-state index in [1.54, 1.807) is 0 Å². The van der Waals surface area contributed by atoms with Gasteiger partial charge in [0.25, 0.3) is 11.8 Å². The highest BCUT2D eigenvalue weighted by Crippen LogP contribution is 2.39. The van der Waals surface area contributed by atoms with E-state index in [9.17, 15) is 22.8 Å². The van der Waals surface area contributed by atoms with Crippen LogP contribution in [0.2, 0.25) is 15.1 Å². The smallest absolute Gasteiger partial charge is 0.350 e. The molecule has 0 radical (unpaired) electrons. The molecule has 28 heavy (non-hydrogen) atoms. The van der Waals surface area contributed by atoms with Crippen LogP contribution in [0.25, 0.3) is 0 Å². The number of carbonyl (C=O) groups excluding carboxylic acids is 2. The van der Waals surface area contributed by atoms with Crippen molar-refractivity contribution in [3.63, 3.8) is 0 Å². The first kappa shape index (κ1) is 20.8. The average molecular weight is 470 g/mol. The van der Waals surface area contributed by atoms with Crippen molar-refractivity contribution < 1.29 is 22.8 Å². The Morgan fingerprint density at radius 3 is 2.04 bits per heavy atom. The highest BCUT2D eigenvalue weighted by atomic mass is 35.5. The van der Waals surface area contributed by atoms with Crippen molar-refractivity contribution in [1.29, 1.82) is 0 Å². The molecule has 146 valence electrons. The number of benzene rings is 2. The van der Waals surface area contributed by atoms with E-state index in [0.29, 0.717) is 11.0 Å². The normalized spacial score (nSPS) is 14.9. The summed E-state index contributed by atoms with van der Waals surface area (Å²) < 4.78 is 39.0. The van der Waals surface area contributed by atoms with Crippen molar-refractivity contribution in [2.75, 3.05) is 10.2 Å². The van der Waals surface area contributed by atoms with E-state index in [1.165, 1.54) is 18.2 Å². The Hall–Kier alpha value is -1.93. The number of rotatable bonds is 3. The highest BCUT2D eigenvalue weighted by Gasteiger charge is 2.41. The summed E-state index contributed by atoms with van der Waals surface area (Å²) >= 11 is 23.6.